The Kier molecular flexibility index (Phi) is 8.04. The second-order valence-electron chi connectivity index (χ2n) is 9.51. The number of benzene rings is 2. The molecule has 4 rings (SSSR count). The van der Waals surface area contributed by atoms with Gasteiger partial charge in [0.15, 0.2) is 0 Å². The maximum absolute atomic E-state index is 12.9. The van der Waals surface area contributed by atoms with Crippen LogP contribution in [-0.4, -0.2) is 20.2 Å². The molecule has 1 unspecified atom stereocenters. The predicted octanol–water partition coefficient (Wildman–Crippen LogP) is 5.82. The largest absolute Gasteiger partial charge is 0.497 e. The highest BCUT2D eigenvalue weighted by Gasteiger charge is 2.34. The summed E-state index contributed by atoms with van der Waals surface area (Å²) in [6, 6.07) is 12.8. The summed E-state index contributed by atoms with van der Waals surface area (Å²) in [5.41, 5.74) is 7.94. The van der Waals surface area contributed by atoms with E-state index < -0.39 is 5.92 Å². The van der Waals surface area contributed by atoms with Gasteiger partial charge in [-0.3, -0.25) is 4.79 Å². The Balaban J connectivity index is 1.56. The quantitative estimate of drug-likeness (QED) is 0.367. The smallest absolute Gasteiger partial charge is 0.314 e. The number of rotatable bonds is 8. The molecular weight excluding hydrogens is 456 g/mol. The topological polar surface area (TPSA) is 104 Å². The Morgan fingerprint density at radius 2 is 1.78 bits per heavy atom. The van der Waals surface area contributed by atoms with Gasteiger partial charge in [-0.25, -0.2) is 0 Å². The molecule has 0 radical (unpaired) electrons. The Hall–Kier alpha value is -3.66. The monoisotopic (exact) mass is 490 g/mol. The maximum Gasteiger partial charge on any atom is 0.314 e. The van der Waals surface area contributed by atoms with Crippen LogP contribution in [0.3, 0.4) is 0 Å². The fourth-order valence-corrected chi connectivity index (χ4v) is 5.25. The molecule has 190 valence electrons. The van der Waals surface area contributed by atoms with E-state index in [4.69, 9.17) is 24.7 Å². The number of carbonyl (C=O) groups is 1. The van der Waals surface area contributed by atoms with Crippen molar-refractivity contribution in [1.29, 1.82) is 5.26 Å². The normalized spacial score (nSPS) is 21.1. The molecule has 1 saturated carbocycles. The second kappa shape index (κ2) is 11.4. The minimum atomic E-state index is -0.497. The first-order chi connectivity index (χ1) is 17.5. The lowest BCUT2D eigenvalue weighted by atomic mass is 9.80. The molecule has 1 fully saturated rings. The average molecular weight is 491 g/mol. The number of allylic oxidation sites excluding steroid dienone is 1. The molecule has 0 amide bonds. The summed E-state index contributed by atoms with van der Waals surface area (Å²) < 4.78 is 22.5. The van der Waals surface area contributed by atoms with Crippen LogP contribution in [0, 0.1) is 23.2 Å². The molecule has 1 aliphatic carbocycles. The number of nitrogens with two attached hydrogens (primary N) is 1. The number of unbranched alkanes of at least 4 members (excludes halogenated alkanes) is 1. The van der Waals surface area contributed by atoms with Crippen LogP contribution in [0.2, 0.25) is 0 Å². The van der Waals surface area contributed by atoms with Crippen molar-refractivity contribution in [3.8, 4) is 29.1 Å². The molecule has 0 aromatic heterocycles. The van der Waals surface area contributed by atoms with Crippen LogP contribution in [0.15, 0.2) is 47.9 Å². The summed E-state index contributed by atoms with van der Waals surface area (Å²) in [5, 5.41) is 9.86. The third kappa shape index (κ3) is 5.28. The fraction of sp³-hybridized carbons (Fsp3) is 0.448. The molecule has 0 saturated heterocycles. The minimum absolute atomic E-state index is 0.0155. The summed E-state index contributed by atoms with van der Waals surface area (Å²) >= 11 is 0. The van der Waals surface area contributed by atoms with Gasteiger partial charge in [0, 0.05) is 23.3 Å². The molecule has 36 heavy (non-hydrogen) atoms. The number of methoxy groups -OCH3 is 2. The molecule has 0 bridgehead atoms. The van der Waals surface area contributed by atoms with Crippen molar-refractivity contribution in [2.24, 2.45) is 17.6 Å². The summed E-state index contributed by atoms with van der Waals surface area (Å²) in [6.07, 6.45) is 7.62. The molecule has 1 atom stereocenters. The van der Waals surface area contributed by atoms with Crippen LogP contribution < -0.4 is 24.7 Å². The van der Waals surface area contributed by atoms with Crippen LogP contribution in [0.5, 0.6) is 23.0 Å². The second-order valence-corrected chi connectivity index (χ2v) is 9.51. The van der Waals surface area contributed by atoms with E-state index in [0.29, 0.717) is 23.0 Å². The molecule has 7 heteroatoms. The van der Waals surface area contributed by atoms with Crippen molar-refractivity contribution in [2.75, 3.05) is 14.2 Å². The van der Waals surface area contributed by atoms with Crippen molar-refractivity contribution < 1.29 is 23.7 Å². The lowest BCUT2D eigenvalue weighted by Crippen LogP contribution is -2.26. The van der Waals surface area contributed by atoms with E-state index in [9.17, 15) is 10.1 Å². The van der Waals surface area contributed by atoms with Gasteiger partial charge in [0.25, 0.3) is 0 Å². The molecule has 1 heterocycles. The average Bonchev–Trinajstić information content (AvgIpc) is 2.90. The van der Waals surface area contributed by atoms with Crippen LogP contribution in [-0.2, 0) is 4.79 Å². The number of hydrogen-bond acceptors (Lipinski definition) is 7. The zero-order valence-electron chi connectivity index (χ0n) is 21.2. The van der Waals surface area contributed by atoms with Gasteiger partial charge in [-0.2, -0.15) is 5.26 Å². The van der Waals surface area contributed by atoms with Crippen LogP contribution in [0.4, 0.5) is 0 Å². The highest BCUT2D eigenvalue weighted by atomic mass is 16.5. The van der Waals surface area contributed by atoms with Gasteiger partial charge in [-0.1, -0.05) is 38.3 Å². The fourth-order valence-electron chi connectivity index (χ4n) is 5.25. The zero-order valence-corrected chi connectivity index (χ0v) is 21.2. The summed E-state index contributed by atoms with van der Waals surface area (Å²) in [6.45, 7) is 2.21. The van der Waals surface area contributed by atoms with Gasteiger partial charge in [0.2, 0.25) is 5.88 Å². The summed E-state index contributed by atoms with van der Waals surface area (Å²) in [5.74, 6) is 2.02. The van der Waals surface area contributed by atoms with Gasteiger partial charge in [0.1, 0.15) is 34.6 Å². The van der Waals surface area contributed by atoms with Gasteiger partial charge >= 0.3 is 5.97 Å². The van der Waals surface area contributed by atoms with Crippen LogP contribution >= 0.6 is 0 Å². The molecule has 0 spiro atoms. The molecule has 2 N–H and O–H groups in total. The third-order valence-electron chi connectivity index (χ3n) is 7.31. The number of hydrogen-bond donors (Lipinski definition) is 1. The zero-order chi connectivity index (χ0) is 25.7. The van der Waals surface area contributed by atoms with E-state index in [1.807, 2.05) is 18.2 Å². The van der Waals surface area contributed by atoms with Crippen molar-refractivity contribution in [3.05, 3.63) is 59.0 Å². The maximum atomic E-state index is 12.9. The molecular formula is C29H34N2O5. The highest BCUT2D eigenvalue weighted by Crippen LogP contribution is 2.46. The standard InChI is InChI=1S/C29H34N2O5/c1-4-5-6-18-7-9-19(10-8-18)29(32)35-21-12-14-23-26(16-21)36-28(31)24(17-30)27(23)22-13-11-20(33-2)15-25(22)34-3/h11-16,18-19,27H,4-10,31H2,1-3H3. The van der Waals surface area contributed by atoms with Crippen molar-refractivity contribution in [2.45, 2.75) is 57.8 Å². The molecule has 1 aliphatic heterocycles. The number of nitriles is 1. The molecule has 2 aromatic rings. The molecule has 2 aliphatic rings. The lowest BCUT2D eigenvalue weighted by molar-refractivity contribution is -0.140. The van der Waals surface area contributed by atoms with E-state index in [1.165, 1.54) is 19.3 Å². The SMILES string of the molecule is CCCCC1CCC(C(=O)Oc2ccc3c(c2)OC(N)=C(C#N)C3c2ccc(OC)cc2OC)CC1. The highest BCUT2D eigenvalue weighted by molar-refractivity contribution is 5.75. The minimum Gasteiger partial charge on any atom is -0.497 e. The number of ether oxygens (including phenoxy) is 4. The van der Waals surface area contributed by atoms with E-state index in [1.54, 1.807) is 32.4 Å². The van der Waals surface area contributed by atoms with Crippen molar-refractivity contribution in [3.63, 3.8) is 0 Å². The Morgan fingerprint density at radius 3 is 2.44 bits per heavy atom. The van der Waals surface area contributed by atoms with Gasteiger partial charge in [-0.15, -0.1) is 0 Å². The number of nitrogens with zero attached hydrogens (tertiary/aromatic N) is 1. The Morgan fingerprint density at radius 1 is 1.06 bits per heavy atom. The van der Waals surface area contributed by atoms with Crippen LogP contribution in [0.25, 0.3) is 0 Å². The van der Waals surface area contributed by atoms with E-state index in [2.05, 4.69) is 13.0 Å². The van der Waals surface area contributed by atoms with E-state index >= 15 is 0 Å². The van der Waals surface area contributed by atoms with Crippen molar-refractivity contribution in [1.82, 2.24) is 0 Å². The van der Waals surface area contributed by atoms with Gasteiger partial charge in [-0.05, 0) is 43.7 Å². The first kappa shape index (κ1) is 25.4. The molecule has 2 aromatic carbocycles. The Labute approximate surface area is 212 Å². The van der Waals surface area contributed by atoms with Crippen molar-refractivity contribution >= 4 is 5.97 Å². The molecule has 7 nitrogen and oxygen atoms in total. The van der Waals surface area contributed by atoms with Gasteiger partial charge in [0.05, 0.1) is 26.1 Å². The van der Waals surface area contributed by atoms with Crippen LogP contribution in [0.1, 0.15) is 68.9 Å². The van der Waals surface area contributed by atoms with Gasteiger partial charge < -0.3 is 24.7 Å². The van der Waals surface area contributed by atoms with E-state index in [-0.39, 0.29) is 23.3 Å². The lowest BCUT2D eigenvalue weighted by Gasteiger charge is -2.28. The predicted molar refractivity (Wildman–Crippen MR) is 136 cm³/mol. The van der Waals surface area contributed by atoms with E-state index in [0.717, 1.165) is 42.7 Å². The number of fused-ring (bicyclic) bond motifs is 1. The third-order valence-corrected chi connectivity index (χ3v) is 7.31. The Bertz CT molecular complexity index is 1170. The first-order valence-electron chi connectivity index (χ1n) is 12.6. The number of carbonyl (C=O) groups excluding carboxylic acids is 1. The summed E-state index contributed by atoms with van der Waals surface area (Å²) in [7, 11) is 3.15. The first-order valence-corrected chi connectivity index (χ1v) is 12.6. The summed E-state index contributed by atoms with van der Waals surface area (Å²) in [4.78, 5) is 12.9. The number of esters is 1.